The van der Waals surface area contributed by atoms with E-state index < -0.39 is 0 Å². The number of amides is 1. The van der Waals surface area contributed by atoms with E-state index in [4.69, 9.17) is 0 Å². The summed E-state index contributed by atoms with van der Waals surface area (Å²) in [5.74, 6) is -0.106. The number of carbonyl (C=O) groups is 1. The highest BCUT2D eigenvalue weighted by atomic mass is 79.9. The fourth-order valence-corrected chi connectivity index (χ4v) is 2.76. The van der Waals surface area contributed by atoms with E-state index in [1.807, 2.05) is 25.1 Å². The number of aromatic nitrogens is 5. The first-order valence-corrected chi connectivity index (χ1v) is 7.76. The van der Waals surface area contributed by atoms with Crippen LogP contribution in [0.5, 0.6) is 0 Å². The summed E-state index contributed by atoms with van der Waals surface area (Å²) >= 11 is 3.30. The summed E-state index contributed by atoms with van der Waals surface area (Å²) in [5, 5.41) is 11.0. The van der Waals surface area contributed by atoms with E-state index in [-0.39, 0.29) is 11.9 Å². The molecule has 3 aromatic rings. The molecule has 1 amide bonds. The van der Waals surface area contributed by atoms with E-state index in [0.717, 1.165) is 5.56 Å². The molecule has 0 aliphatic rings. The van der Waals surface area contributed by atoms with E-state index in [1.54, 1.807) is 28.9 Å². The molecule has 7 nitrogen and oxygen atoms in total. The lowest BCUT2D eigenvalue weighted by Gasteiger charge is -2.02. The van der Waals surface area contributed by atoms with E-state index in [1.165, 1.54) is 5.56 Å². The zero-order valence-electron chi connectivity index (χ0n) is 12.7. The van der Waals surface area contributed by atoms with Crippen LogP contribution in [0.1, 0.15) is 21.6 Å². The summed E-state index contributed by atoms with van der Waals surface area (Å²) in [4.78, 5) is 16.3. The Labute approximate surface area is 141 Å². The first-order chi connectivity index (χ1) is 11.0. The number of carbonyl (C=O) groups excluding carboxylic acids is 1. The molecular formula is C15H15BrN6O. The molecule has 0 radical (unpaired) electrons. The second-order valence-corrected chi connectivity index (χ2v) is 6.06. The largest absolute Gasteiger partial charge is 0.288 e. The summed E-state index contributed by atoms with van der Waals surface area (Å²) in [6.07, 6.45) is 3.30. The van der Waals surface area contributed by atoms with Crippen molar-refractivity contribution in [2.24, 2.45) is 7.05 Å². The number of nitrogens with one attached hydrogen (secondary N) is 1. The minimum absolute atomic E-state index is 0.250. The zero-order valence-corrected chi connectivity index (χ0v) is 14.3. The number of hydrogen-bond donors (Lipinski definition) is 1. The maximum atomic E-state index is 12.2. The standard InChI is InChI=1S/C15H15BrN6O/c1-10-4-3-5-11(6-10)7-22-9-17-15(20-22)18-14(23)13-12(16)8-21(2)19-13/h3-6,8-9H,7H2,1-2H3,(H,18,20,23). The Morgan fingerprint density at radius 3 is 2.87 bits per heavy atom. The molecule has 0 aliphatic carbocycles. The number of rotatable bonds is 4. The molecule has 0 saturated carbocycles. The predicted molar refractivity (Wildman–Crippen MR) is 89.2 cm³/mol. The van der Waals surface area contributed by atoms with Gasteiger partial charge in [-0.2, -0.15) is 5.10 Å². The molecule has 2 aromatic heterocycles. The highest BCUT2D eigenvalue weighted by Crippen LogP contribution is 2.15. The van der Waals surface area contributed by atoms with Gasteiger partial charge in [-0.15, -0.1) is 5.10 Å². The molecule has 0 unspecified atom stereocenters. The summed E-state index contributed by atoms with van der Waals surface area (Å²) in [6.45, 7) is 2.64. The molecule has 1 N–H and O–H groups in total. The summed E-state index contributed by atoms with van der Waals surface area (Å²) < 4.78 is 3.86. The molecule has 0 saturated heterocycles. The fraction of sp³-hybridized carbons (Fsp3) is 0.200. The van der Waals surface area contributed by atoms with Crippen LogP contribution in [0.15, 0.2) is 41.3 Å². The van der Waals surface area contributed by atoms with Crippen molar-refractivity contribution in [3.8, 4) is 0 Å². The number of aryl methyl sites for hydroxylation is 2. The SMILES string of the molecule is Cc1cccc(Cn2cnc(NC(=O)c3nn(C)cc3Br)n2)c1. The third-order valence-electron chi connectivity index (χ3n) is 3.19. The minimum atomic E-state index is -0.356. The van der Waals surface area contributed by atoms with Gasteiger partial charge >= 0.3 is 0 Å². The molecule has 0 fully saturated rings. The van der Waals surface area contributed by atoms with E-state index in [2.05, 4.69) is 42.5 Å². The average Bonchev–Trinajstić information content (AvgIpc) is 3.05. The number of halogens is 1. The molecule has 0 bridgehead atoms. The zero-order chi connectivity index (χ0) is 16.4. The smallest absolute Gasteiger partial charge is 0.279 e. The van der Waals surface area contributed by atoms with Crippen molar-refractivity contribution in [2.45, 2.75) is 13.5 Å². The normalized spacial score (nSPS) is 10.7. The number of nitrogens with zero attached hydrogens (tertiary/aromatic N) is 5. The molecular weight excluding hydrogens is 360 g/mol. The van der Waals surface area contributed by atoms with E-state index in [9.17, 15) is 4.79 Å². The highest BCUT2D eigenvalue weighted by Gasteiger charge is 2.16. The molecule has 2 heterocycles. The predicted octanol–water partition coefficient (Wildman–Crippen LogP) is 2.38. The monoisotopic (exact) mass is 374 g/mol. The quantitative estimate of drug-likeness (QED) is 0.760. The van der Waals surface area contributed by atoms with Crippen LogP contribution in [0, 0.1) is 6.92 Å². The Kier molecular flexibility index (Phi) is 4.24. The van der Waals surface area contributed by atoms with Crippen molar-refractivity contribution in [1.29, 1.82) is 0 Å². The number of benzene rings is 1. The van der Waals surface area contributed by atoms with Gasteiger partial charge in [-0.1, -0.05) is 29.8 Å². The van der Waals surface area contributed by atoms with Crippen LogP contribution in [0.25, 0.3) is 0 Å². The van der Waals surface area contributed by atoms with E-state index >= 15 is 0 Å². The van der Waals surface area contributed by atoms with Crippen molar-refractivity contribution in [3.63, 3.8) is 0 Å². The third kappa shape index (κ3) is 3.65. The van der Waals surface area contributed by atoms with Crippen molar-refractivity contribution in [1.82, 2.24) is 24.5 Å². The molecule has 0 spiro atoms. The van der Waals surface area contributed by atoms with Crippen molar-refractivity contribution < 1.29 is 4.79 Å². The van der Waals surface area contributed by atoms with Gasteiger partial charge < -0.3 is 0 Å². The van der Waals surface area contributed by atoms with Gasteiger partial charge in [-0.05, 0) is 28.4 Å². The van der Waals surface area contributed by atoms with Crippen LogP contribution < -0.4 is 5.32 Å². The van der Waals surface area contributed by atoms with Crippen LogP contribution in [-0.2, 0) is 13.6 Å². The lowest BCUT2D eigenvalue weighted by molar-refractivity contribution is 0.102. The maximum absolute atomic E-state index is 12.2. The Morgan fingerprint density at radius 1 is 1.35 bits per heavy atom. The van der Waals surface area contributed by atoms with Crippen molar-refractivity contribution in [3.05, 3.63) is 58.1 Å². The summed E-state index contributed by atoms with van der Waals surface area (Å²) in [6, 6.07) is 8.16. The van der Waals surface area contributed by atoms with Gasteiger partial charge in [-0.3, -0.25) is 14.8 Å². The molecule has 8 heteroatoms. The summed E-state index contributed by atoms with van der Waals surface area (Å²) in [5.41, 5.74) is 2.61. The van der Waals surface area contributed by atoms with Crippen LogP contribution in [-0.4, -0.2) is 30.5 Å². The van der Waals surface area contributed by atoms with Crippen molar-refractivity contribution in [2.75, 3.05) is 5.32 Å². The van der Waals surface area contributed by atoms with Gasteiger partial charge in [0, 0.05) is 13.2 Å². The molecule has 23 heavy (non-hydrogen) atoms. The van der Waals surface area contributed by atoms with Crippen LogP contribution in [0.4, 0.5) is 5.95 Å². The van der Waals surface area contributed by atoms with Gasteiger partial charge in [0.2, 0.25) is 5.95 Å². The Morgan fingerprint density at radius 2 is 2.17 bits per heavy atom. The third-order valence-corrected chi connectivity index (χ3v) is 3.77. The van der Waals surface area contributed by atoms with E-state index in [0.29, 0.717) is 16.7 Å². The highest BCUT2D eigenvalue weighted by molar-refractivity contribution is 9.10. The number of anilines is 1. The molecule has 118 valence electrons. The maximum Gasteiger partial charge on any atom is 0.279 e. The van der Waals surface area contributed by atoms with Crippen LogP contribution in [0.3, 0.4) is 0 Å². The molecule has 0 aliphatic heterocycles. The fourth-order valence-electron chi connectivity index (χ4n) is 2.20. The topological polar surface area (TPSA) is 77.6 Å². The van der Waals surface area contributed by atoms with Gasteiger partial charge in [0.25, 0.3) is 5.91 Å². The van der Waals surface area contributed by atoms with Gasteiger partial charge in [0.15, 0.2) is 5.69 Å². The Bertz CT molecular complexity index is 853. The summed E-state index contributed by atoms with van der Waals surface area (Å²) in [7, 11) is 1.75. The average molecular weight is 375 g/mol. The first-order valence-electron chi connectivity index (χ1n) is 6.97. The lowest BCUT2D eigenvalue weighted by atomic mass is 10.1. The van der Waals surface area contributed by atoms with Crippen LogP contribution >= 0.6 is 15.9 Å². The Hall–Kier alpha value is -2.48. The van der Waals surface area contributed by atoms with Gasteiger partial charge in [-0.25, -0.2) is 9.67 Å². The molecule has 3 rings (SSSR count). The molecule has 0 atom stereocenters. The van der Waals surface area contributed by atoms with Gasteiger partial charge in [0.1, 0.15) is 6.33 Å². The Balaban J connectivity index is 1.70. The second-order valence-electron chi connectivity index (χ2n) is 5.21. The lowest BCUT2D eigenvalue weighted by Crippen LogP contribution is -2.15. The first kappa shape index (κ1) is 15.4. The van der Waals surface area contributed by atoms with Crippen molar-refractivity contribution >= 4 is 27.8 Å². The van der Waals surface area contributed by atoms with Crippen LogP contribution in [0.2, 0.25) is 0 Å². The minimum Gasteiger partial charge on any atom is -0.288 e. The number of hydrogen-bond acceptors (Lipinski definition) is 4. The molecule has 1 aromatic carbocycles. The van der Waals surface area contributed by atoms with Gasteiger partial charge in [0.05, 0.1) is 11.0 Å². The second kappa shape index (κ2) is 6.33.